The van der Waals surface area contributed by atoms with Gasteiger partial charge in [-0.05, 0) is 57.7 Å². The van der Waals surface area contributed by atoms with Crippen LogP contribution in [0.2, 0.25) is 0 Å². The minimum Gasteiger partial charge on any atom is -0.330 e. The first-order chi connectivity index (χ1) is 6.92. The fourth-order valence-corrected chi connectivity index (χ4v) is 3.30. The molecule has 2 atom stereocenters. The molecule has 2 heteroatoms. The molecule has 2 saturated heterocycles. The van der Waals surface area contributed by atoms with Gasteiger partial charge >= 0.3 is 0 Å². The van der Waals surface area contributed by atoms with Crippen LogP contribution in [-0.2, 0) is 0 Å². The van der Waals surface area contributed by atoms with Crippen LogP contribution in [-0.4, -0.2) is 30.6 Å². The molecule has 0 aromatic rings. The zero-order chi connectivity index (χ0) is 9.80. The van der Waals surface area contributed by atoms with E-state index in [4.69, 9.17) is 5.73 Å². The highest BCUT2D eigenvalue weighted by Crippen LogP contribution is 2.31. The zero-order valence-corrected chi connectivity index (χ0v) is 9.25. The molecule has 2 unspecified atom stereocenters. The Morgan fingerprint density at radius 2 is 1.86 bits per heavy atom. The van der Waals surface area contributed by atoms with Crippen LogP contribution >= 0.6 is 0 Å². The lowest BCUT2D eigenvalue weighted by Crippen LogP contribution is -2.45. The molecule has 0 saturated carbocycles. The third-order valence-corrected chi connectivity index (χ3v) is 4.02. The Bertz CT molecular complexity index is 168. The number of nitrogens with zero attached hydrogens (tertiary/aromatic N) is 1. The highest BCUT2D eigenvalue weighted by atomic mass is 15.2. The summed E-state index contributed by atoms with van der Waals surface area (Å²) in [5.74, 6) is 0.909. The molecule has 0 radical (unpaired) electrons. The molecule has 2 heterocycles. The van der Waals surface area contributed by atoms with Crippen LogP contribution in [0.1, 0.15) is 44.9 Å². The van der Waals surface area contributed by atoms with Crippen molar-refractivity contribution < 1.29 is 0 Å². The summed E-state index contributed by atoms with van der Waals surface area (Å²) in [5.41, 5.74) is 5.70. The SMILES string of the molecule is NCCC1CCCN2CCCCCC12. The normalized spacial score (nSPS) is 34.9. The second kappa shape index (κ2) is 5.13. The molecule has 0 bridgehead atoms. The lowest BCUT2D eigenvalue weighted by atomic mass is 9.84. The average Bonchev–Trinajstić information content (AvgIpc) is 2.44. The van der Waals surface area contributed by atoms with Crippen molar-refractivity contribution in [2.45, 2.75) is 51.0 Å². The highest BCUT2D eigenvalue weighted by Gasteiger charge is 2.31. The van der Waals surface area contributed by atoms with E-state index in [9.17, 15) is 0 Å². The first kappa shape index (κ1) is 10.4. The van der Waals surface area contributed by atoms with Crippen LogP contribution in [0.5, 0.6) is 0 Å². The molecular formula is C12H24N2. The summed E-state index contributed by atoms with van der Waals surface area (Å²) >= 11 is 0. The molecule has 2 nitrogen and oxygen atoms in total. The molecular weight excluding hydrogens is 172 g/mol. The minimum atomic E-state index is 0.884. The van der Waals surface area contributed by atoms with E-state index in [1.807, 2.05) is 0 Å². The highest BCUT2D eigenvalue weighted by molar-refractivity contribution is 4.85. The van der Waals surface area contributed by atoms with E-state index in [-0.39, 0.29) is 0 Å². The number of rotatable bonds is 2. The van der Waals surface area contributed by atoms with Crippen molar-refractivity contribution in [2.75, 3.05) is 19.6 Å². The van der Waals surface area contributed by atoms with E-state index < -0.39 is 0 Å². The molecule has 82 valence electrons. The fourth-order valence-electron chi connectivity index (χ4n) is 3.30. The van der Waals surface area contributed by atoms with Gasteiger partial charge in [0.2, 0.25) is 0 Å². The quantitative estimate of drug-likeness (QED) is 0.732. The number of piperidine rings is 1. The number of fused-ring (bicyclic) bond motifs is 1. The van der Waals surface area contributed by atoms with Crippen molar-refractivity contribution >= 4 is 0 Å². The maximum absolute atomic E-state index is 5.70. The summed E-state index contributed by atoms with van der Waals surface area (Å²) < 4.78 is 0. The Balaban J connectivity index is 1.97. The summed E-state index contributed by atoms with van der Waals surface area (Å²) in [6.07, 6.45) is 9.84. The van der Waals surface area contributed by atoms with Crippen LogP contribution < -0.4 is 5.73 Å². The van der Waals surface area contributed by atoms with Gasteiger partial charge < -0.3 is 10.6 Å². The Labute approximate surface area is 87.8 Å². The van der Waals surface area contributed by atoms with Crippen molar-refractivity contribution in [1.82, 2.24) is 4.90 Å². The lowest BCUT2D eigenvalue weighted by molar-refractivity contribution is 0.0911. The molecule has 2 aliphatic heterocycles. The van der Waals surface area contributed by atoms with Gasteiger partial charge in [0.1, 0.15) is 0 Å². The largest absolute Gasteiger partial charge is 0.330 e. The van der Waals surface area contributed by atoms with Crippen molar-refractivity contribution in [3.05, 3.63) is 0 Å². The average molecular weight is 196 g/mol. The first-order valence-electron chi connectivity index (χ1n) is 6.36. The van der Waals surface area contributed by atoms with E-state index in [0.717, 1.165) is 18.5 Å². The van der Waals surface area contributed by atoms with Crippen LogP contribution in [0.15, 0.2) is 0 Å². The number of hydrogen-bond donors (Lipinski definition) is 1. The maximum atomic E-state index is 5.70. The standard InChI is InChI=1S/C12H24N2/c13-8-7-11-5-4-10-14-9-3-1-2-6-12(11)14/h11-12H,1-10,13H2. The predicted molar refractivity (Wildman–Crippen MR) is 60.2 cm³/mol. The second-order valence-electron chi connectivity index (χ2n) is 4.93. The molecule has 0 aromatic carbocycles. The Hall–Kier alpha value is -0.0800. The molecule has 2 fully saturated rings. The van der Waals surface area contributed by atoms with Crippen molar-refractivity contribution in [3.63, 3.8) is 0 Å². The molecule has 0 aromatic heterocycles. The minimum absolute atomic E-state index is 0.884. The molecule has 0 amide bonds. The Morgan fingerprint density at radius 3 is 2.71 bits per heavy atom. The van der Waals surface area contributed by atoms with E-state index in [1.54, 1.807) is 0 Å². The van der Waals surface area contributed by atoms with Crippen LogP contribution in [0.4, 0.5) is 0 Å². The molecule has 2 rings (SSSR count). The van der Waals surface area contributed by atoms with Gasteiger partial charge in [0.05, 0.1) is 0 Å². The van der Waals surface area contributed by atoms with E-state index in [0.29, 0.717) is 0 Å². The van der Waals surface area contributed by atoms with Crippen LogP contribution in [0.25, 0.3) is 0 Å². The smallest absolute Gasteiger partial charge is 0.0124 e. The van der Waals surface area contributed by atoms with Gasteiger partial charge in [-0.25, -0.2) is 0 Å². The third kappa shape index (κ3) is 2.29. The molecule has 0 aliphatic carbocycles. The van der Waals surface area contributed by atoms with Crippen LogP contribution in [0.3, 0.4) is 0 Å². The molecule has 2 aliphatic rings. The van der Waals surface area contributed by atoms with Gasteiger partial charge in [0.25, 0.3) is 0 Å². The summed E-state index contributed by atoms with van der Waals surface area (Å²) in [5, 5.41) is 0. The Kier molecular flexibility index (Phi) is 3.82. The van der Waals surface area contributed by atoms with Crippen molar-refractivity contribution in [3.8, 4) is 0 Å². The van der Waals surface area contributed by atoms with Gasteiger partial charge in [0, 0.05) is 6.04 Å². The topological polar surface area (TPSA) is 29.3 Å². The molecule has 0 spiro atoms. The van der Waals surface area contributed by atoms with Gasteiger partial charge in [0.15, 0.2) is 0 Å². The lowest BCUT2D eigenvalue weighted by Gasteiger charge is -2.40. The molecule has 2 N–H and O–H groups in total. The first-order valence-corrected chi connectivity index (χ1v) is 6.36. The summed E-state index contributed by atoms with van der Waals surface area (Å²) in [4.78, 5) is 2.75. The number of nitrogens with two attached hydrogens (primary N) is 1. The fraction of sp³-hybridized carbons (Fsp3) is 1.00. The monoisotopic (exact) mass is 196 g/mol. The van der Waals surface area contributed by atoms with E-state index in [1.165, 1.54) is 58.0 Å². The van der Waals surface area contributed by atoms with Crippen LogP contribution in [0, 0.1) is 5.92 Å². The van der Waals surface area contributed by atoms with Crippen molar-refractivity contribution in [2.24, 2.45) is 11.7 Å². The molecule has 14 heavy (non-hydrogen) atoms. The van der Waals surface area contributed by atoms with Gasteiger partial charge in [-0.2, -0.15) is 0 Å². The van der Waals surface area contributed by atoms with Crippen molar-refractivity contribution in [1.29, 1.82) is 0 Å². The summed E-state index contributed by atoms with van der Waals surface area (Å²) in [7, 11) is 0. The zero-order valence-electron chi connectivity index (χ0n) is 9.25. The summed E-state index contributed by atoms with van der Waals surface area (Å²) in [6, 6.07) is 0.884. The predicted octanol–water partition coefficient (Wildman–Crippen LogP) is 1.99. The van der Waals surface area contributed by atoms with Gasteiger partial charge in [-0.15, -0.1) is 0 Å². The summed E-state index contributed by atoms with van der Waals surface area (Å²) in [6.45, 7) is 3.59. The van der Waals surface area contributed by atoms with Gasteiger partial charge in [-0.3, -0.25) is 0 Å². The second-order valence-corrected chi connectivity index (χ2v) is 4.93. The van der Waals surface area contributed by atoms with E-state index in [2.05, 4.69) is 4.90 Å². The van der Waals surface area contributed by atoms with E-state index >= 15 is 0 Å². The number of hydrogen-bond acceptors (Lipinski definition) is 2. The third-order valence-electron chi connectivity index (χ3n) is 4.02. The maximum Gasteiger partial charge on any atom is 0.0124 e. The van der Waals surface area contributed by atoms with Gasteiger partial charge in [-0.1, -0.05) is 12.8 Å². The Morgan fingerprint density at radius 1 is 1.00 bits per heavy atom.